The van der Waals surface area contributed by atoms with Crippen LogP contribution in [-0.4, -0.2) is 68.7 Å². The Labute approximate surface area is 139 Å². The second-order valence-corrected chi connectivity index (χ2v) is 5.34. The first-order chi connectivity index (χ1) is 12.0. The van der Waals surface area contributed by atoms with E-state index >= 15 is 0 Å². The van der Waals surface area contributed by atoms with Gasteiger partial charge in [0.05, 0.1) is 26.3 Å². The molecule has 13 heteroatoms. The van der Waals surface area contributed by atoms with Crippen molar-refractivity contribution in [3.8, 4) is 0 Å². The van der Waals surface area contributed by atoms with E-state index in [2.05, 4.69) is 30.1 Å². The van der Waals surface area contributed by atoms with Gasteiger partial charge in [0, 0.05) is 20.2 Å². The summed E-state index contributed by atoms with van der Waals surface area (Å²) in [6.07, 6.45) is -5.06. The Kier molecular flexibility index (Phi) is 5.24. The van der Waals surface area contributed by atoms with Crippen molar-refractivity contribution in [3.05, 3.63) is 17.5 Å². The molecule has 0 bridgehead atoms. The van der Waals surface area contributed by atoms with Crippen LogP contribution in [0.1, 0.15) is 23.6 Å². The van der Waals surface area contributed by atoms with Crippen LogP contribution in [-0.2, 0) is 28.7 Å². The van der Waals surface area contributed by atoms with E-state index in [-0.39, 0.29) is 12.4 Å². The van der Waals surface area contributed by atoms with Crippen molar-refractivity contribution in [2.24, 2.45) is 0 Å². The summed E-state index contributed by atoms with van der Waals surface area (Å²) in [6.45, 7) is 2.25. The Bertz CT molecular complexity index is 690. The molecule has 0 aromatic carbocycles. The van der Waals surface area contributed by atoms with Crippen molar-refractivity contribution in [2.75, 3.05) is 33.4 Å². The van der Waals surface area contributed by atoms with Gasteiger partial charge in [0.2, 0.25) is 11.7 Å². The molecule has 0 radical (unpaired) electrons. The molecule has 0 aliphatic carbocycles. The SMILES string of the molecule is COCCn1nnc(C2CN(Cc3nc(C(F)(F)F)no3)CCO2)n1. The molecule has 2 aromatic rings. The van der Waals surface area contributed by atoms with Crippen LogP contribution in [0.15, 0.2) is 4.52 Å². The summed E-state index contributed by atoms with van der Waals surface area (Å²) < 4.78 is 52.7. The van der Waals surface area contributed by atoms with Crippen molar-refractivity contribution in [1.82, 2.24) is 35.2 Å². The number of hydrogen-bond acceptors (Lipinski definition) is 9. The molecule has 1 atom stereocenters. The Morgan fingerprint density at radius 3 is 2.92 bits per heavy atom. The fraction of sp³-hybridized carbons (Fsp3) is 0.750. The van der Waals surface area contributed by atoms with Crippen LogP contribution in [0.25, 0.3) is 0 Å². The topological polar surface area (TPSA) is 104 Å². The number of ether oxygens (including phenoxy) is 2. The van der Waals surface area contributed by atoms with Gasteiger partial charge in [0.15, 0.2) is 0 Å². The lowest BCUT2D eigenvalue weighted by molar-refractivity contribution is -0.146. The Balaban J connectivity index is 1.59. The van der Waals surface area contributed by atoms with Gasteiger partial charge in [-0.3, -0.25) is 4.90 Å². The number of nitrogens with zero attached hydrogens (tertiary/aromatic N) is 7. The number of aromatic nitrogens is 6. The largest absolute Gasteiger partial charge is 0.455 e. The van der Waals surface area contributed by atoms with Crippen molar-refractivity contribution < 1.29 is 27.2 Å². The maximum atomic E-state index is 12.5. The molecule has 1 aliphatic rings. The van der Waals surface area contributed by atoms with Crippen molar-refractivity contribution in [2.45, 2.75) is 25.4 Å². The van der Waals surface area contributed by atoms with Gasteiger partial charge in [-0.2, -0.15) is 23.0 Å². The van der Waals surface area contributed by atoms with Crippen LogP contribution < -0.4 is 0 Å². The molecular formula is C12H16F3N7O3. The number of morpholine rings is 1. The summed E-state index contributed by atoms with van der Waals surface area (Å²) in [4.78, 5) is 6.59. The first-order valence-corrected chi connectivity index (χ1v) is 7.46. The minimum atomic E-state index is -4.63. The standard InChI is InChI=1S/C12H16F3N7O3/c1-23-4-3-22-18-10(17-20-22)8-6-21(2-5-24-8)7-9-16-11(19-25-9)12(13,14)15/h8H,2-7H2,1H3. The molecule has 3 heterocycles. The smallest absolute Gasteiger partial charge is 0.383 e. The molecule has 138 valence electrons. The summed E-state index contributed by atoms with van der Waals surface area (Å²) in [5.41, 5.74) is 0. The van der Waals surface area contributed by atoms with Crippen LogP contribution in [0.3, 0.4) is 0 Å². The van der Waals surface area contributed by atoms with Gasteiger partial charge < -0.3 is 14.0 Å². The van der Waals surface area contributed by atoms with Gasteiger partial charge in [-0.15, -0.1) is 10.2 Å². The second kappa shape index (κ2) is 7.41. The fourth-order valence-corrected chi connectivity index (χ4v) is 2.28. The van der Waals surface area contributed by atoms with Gasteiger partial charge in [-0.1, -0.05) is 5.16 Å². The molecule has 0 N–H and O–H groups in total. The number of hydrogen-bond donors (Lipinski definition) is 0. The number of tetrazole rings is 1. The zero-order valence-corrected chi connectivity index (χ0v) is 13.3. The molecule has 0 saturated carbocycles. The van der Waals surface area contributed by atoms with Gasteiger partial charge in [0.25, 0.3) is 5.82 Å². The van der Waals surface area contributed by atoms with E-state index in [4.69, 9.17) is 9.47 Å². The quantitative estimate of drug-likeness (QED) is 0.716. The van der Waals surface area contributed by atoms with Crippen molar-refractivity contribution in [1.29, 1.82) is 0 Å². The van der Waals surface area contributed by atoms with Gasteiger partial charge in [-0.05, 0) is 5.21 Å². The summed E-state index contributed by atoms with van der Waals surface area (Å²) in [6, 6.07) is 0. The molecule has 1 aliphatic heterocycles. The van der Waals surface area contributed by atoms with Crippen molar-refractivity contribution in [3.63, 3.8) is 0 Å². The van der Waals surface area contributed by atoms with Crippen LogP contribution >= 0.6 is 0 Å². The van der Waals surface area contributed by atoms with Gasteiger partial charge in [0.1, 0.15) is 6.10 Å². The first-order valence-electron chi connectivity index (χ1n) is 7.46. The molecule has 0 spiro atoms. The Hall–Kier alpha value is -2.12. The highest BCUT2D eigenvalue weighted by atomic mass is 19.4. The maximum Gasteiger partial charge on any atom is 0.455 e. The molecule has 1 fully saturated rings. The Morgan fingerprint density at radius 1 is 1.36 bits per heavy atom. The third-order valence-electron chi connectivity index (χ3n) is 3.48. The summed E-state index contributed by atoms with van der Waals surface area (Å²) in [5, 5.41) is 15.0. The molecule has 1 unspecified atom stereocenters. The summed E-state index contributed by atoms with van der Waals surface area (Å²) in [7, 11) is 1.57. The average Bonchev–Trinajstić information content (AvgIpc) is 3.22. The zero-order chi connectivity index (χ0) is 17.9. The van der Waals surface area contributed by atoms with E-state index in [1.807, 2.05) is 4.90 Å². The predicted molar refractivity (Wildman–Crippen MR) is 73.0 cm³/mol. The lowest BCUT2D eigenvalue weighted by Gasteiger charge is -2.30. The average molecular weight is 363 g/mol. The molecule has 3 rings (SSSR count). The molecule has 10 nitrogen and oxygen atoms in total. The van der Waals surface area contributed by atoms with Crippen LogP contribution in [0.5, 0.6) is 0 Å². The fourth-order valence-electron chi connectivity index (χ4n) is 2.28. The molecule has 2 aromatic heterocycles. The van der Waals surface area contributed by atoms with Crippen LogP contribution in [0.2, 0.25) is 0 Å². The van der Waals surface area contributed by atoms with E-state index in [1.165, 1.54) is 4.80 Å². The summed E-state index contributed by atoms with van der Waals surface area (Å²) >= 11 is 0. The monoisotopic (exact) mass is 363 g/mol. The zero-order valence-electron chi connectivity index (χ0n) is 13.3. The lowest BCUT2D eigenvalue weighted by Crippen LogP contribution is -2.38. The number of alkyl halides is 3. The highest BCUT2D eigenvalue weighted by Crippen LogP contribution is 2.27. The highest BCUT2D eigenvalue weighted by Gasteiger charge is 2.37. The third kappa shape index (κ3) is 4.49. The number of methoxy groups -OCH3 is 1. The van der Waals surface area contributed by atoms with Gasteiger partial charge in [-0.25, -0.2) is 0 Å². The first kappa shape index (κ1) is 17.7. The molecule has 1 saturated heterocycles. The van der Waals surface area contributed by atoms with Crippen LogP contribution in [0.4, 0.5) is 13.2 Å². The third-order valence-corrected chi connectivity index (χ3v) is 3.48. The van der Waals surface area contributed by atoms with E-state index in [9.17, 15) is 13.2 Å². The second-order valence-electron chi connectivity index (χ2n) is 5.34. The predicted octanol–water partition coefficient (Wildman–Crippen LogP) is 0.295. The summed E-state index contributed by atoms with van der Waals surface area (Å²) in [5.74, 6) is -0.984. The lowest BCUT2D eigenvalue weighted by atomic mass is 10.2. The van der Waals surface area contributed by atoms with E-state index < -0.39 is 18.1 Å². The van der Waals surface area contributed by atoms with E-state index in [1.54, 1.807) is 7.11 Å². The van der Waals surface area contributed by atoms with Crippen LogP contribution in [0, 0.1) is 0 Å². The number of rotatable bonds is 6. The van der Waals surface area contributed by atoms with E-state index in [0.29, 0.717) is 38.7 Å². The van der Waals surface area contributed by atoms with Crippen molar-refractivity contribution >= 4 is 0 Å². The molecule has 0 amide bonds. The van der Waals surface area contributed by atoms with Gasteiger partial charge >= 0.3 is 6.18 Å². The maximum absolute atomic E-state index is 12.5. The molecular weight excluding hydrogens is 347 g/mol. The number of halogens is 3. The highest BCUT2D eigenvalue weighted by molar-refractivity contribution is 4.93. The van der Waals surface area contributed by atoms with E-state index in [0.717, 1.165) is 0 Å². The molecule has 25 heavy (non-hydrogen) atoms. The minimum Gasteiger partial charge on any atom is -0.383 e. The minimum absolute atomic E-state index is 0.0841. The Morgan fingerprint density at radius 2 is 2.20 bits per heavy atom. The normalized spacial score (nSPS) is 19.4.